The maximum Gasteiger partial charge on any atom is 0.239 e. The number of carbonyl (C=O) groups is 1. The average molecular weight is 373 g/mol. The number of aliphatic imine (C=N–C) groups is 1. The maximum atomic E-state index is 12.0. The van der Waals surface area contributed by atoms with E-state index in [0.29, 0.717) is 24.1 Å². The van der Waals surface area contributed by atoms with Gasteiger partial charge in [-0.1, -0.05) is 60.1 Å². The molecule has 0 aliphatic rings. The van der Waals surface area contributed by atoms with Gasteiger partial charge in [-0.25, -0.2) is 0 Å². The summed E-state index contributed by atoms with van der Waals surface area (Å²) in [6.07, 6.45) is 0.813. The van der Waals surface area contributed by atoms with Crippen molar-refractivity contribution in [2.75, 3.05) is 27.2 Å². The van der Waals surface area contributed by atoms with Gasteiger partial charge < -0.3 is 15.5 Å². The van der Waals surface area contributed by atoms with Gasteiger partial charge in [-0.2, -0.15) is 0 Å². The van der Waals surface area contributed by atoms with Crippen LogP contribution in [-0.2, 0) is 17.8 Å². The number of guanidine groups is 1. The van der Waals surface area contributed by atoms with Crippen molar-refractivity contribution in [3.63, 3.8) is 0 Å². The van der Waals surface area contributed by atoms with Gasteiger partial charge in [0, 0.05) is 32.2 Å². The Hall–Kier alpha value is -2.53. The topological polar surface area (TPSA) is 56.7 Å². The Balaban J connectivity index is 1.75. The van der Waals surface area contributed by atoms with E-state index in [4.69, 9.17) is 11.6 Å². The molecular formula is C20H25ClN4O. The van der Waals surface area contributed by atoms with E-state index in [-0.39, 0.29) is 12.5 Å². The Bertz CT molecular complexity index is 734. The van der Waals surface area contributed by atoms with Crippen LogP contribution in [0.3, 0.4) is 0 Å². The molecule has 0 saturated carbocycles. The van der Waals surface area contributed by atoms with Crippen LogP contribution in [0.25, 0.3) is 0 Å². The summed E-state index contributed by atoms with van der Waals surface area (Å²) in [5.41, 5.74) is 2.21. The number of rotatable bonds is 7. The summed E-state index contributed by atoms with van der Waals surface area (Å²) in [5.74, 6) is 0.580. The molecule has 0 aliphatic heterocycles. The van der Waals surface area contributed by atoms with Gasteiger partial charge in [-0.15, -0.1) is 0 Å². The van der Waals surface area contributed by atoms with Gasteiger partial charge in [0.15, 0.2) is 5.96 Å². The second-order valence-corrected chi connectivity index (χ2v) is 6.34. The number of nitrogens with zero attached hydrogens (tertiary/aromatic N) is 2. The first-order valence-corrected chi connectivity index (χ1v) is 8.93. The molecule has 2 aromatic rings. The quantitative estimate of drug-likeness (QED) is 0.580. The van der Waals surface area contributed by atoms with Crippen LogP contribution in [0.4, 0.5) is 0 Å². The van der Waals surface area contributed by atoms with E-state index in [1.54, 1.807) is 7.05 Å². The van der Waals surface area contributed by atoms with Gasteiger partial charge in [0.1, 0.15) is 0 Å². The first-order valence-electron chi connectivity index (χ1n) is 8.56. The van der Waals surface area contributed by atoms with Gasteiger partial charge in [0.2, 0.25) is 5.91 Å². The highest BCUT2D eigenvalue weighted by atomic mass is 35.5. The molecule has 0 spiro atoms. The summed E-state index contributed by atoms with van der Waals surface area (Å²) >= 11 is 6.20. The van der Waals surface area contributed by atoms with E-state index in [2.05, 4.69) is 27.8 Å². The minimum Gasteiger partial charge on any atom is -0.354 e. The number of carbonyl (C=O) groups excluding carboxylic acids is 1. The zero-order valence-electron chi connectivity index (χ0n) is 15.2. The number of nitrogens with one attached hydrogen (secondary N) is 2. The molecule has 0 bridgehead atoms. The third-order valence-electron chi connectivity index (χ3n) is 3.92. The van der Waals surface area contributed by atoms with Gasteiger partial charge in [0.05, 0.1) is 6.54 Å². The van der Waals surface area contributed by atoms with E-state index in [1.807, 2.05) is 54.4 Å². The molecule has 0 unspecified atom stereocenters. The van der Waals surface area contributed by atoms with E-state index in [9.17, 15) is 4.79 Å². The smallest absolute Gasteiger partial charge is 0.239 e. The minimum atomic E-state index is -0.0618. The lowest BCUT2D eigenvalue weighted by Crippen LogP contribution is -2.44. The van der Waals surface area contributed by atoms with Crippen LogP contribution in [0.15, 0.2) is 59.6 Å². The Labute approximate surface area is 160 Å². The second-order valence-electron chi connectivity index (χ2n) is 5.93. The standard InChI is InChI=1S/C20H25ClN4O/c1-22-20(25(2)15-17-10-6-7-11-18(17)21)24-14-19(26)23-13-12-16-8-4-3-5-9-16/h3-11H,12-15H2,1-2H3,(H,22,24)(H,23,26). The Kier molecular flexibility index (Phi) is 7.96. The zero-order chi connectivity index (χ0) is 18.8. The molecule has 2 aromatic carbocycles. The van der Waals surface area contributed by atoms with E-state index >= 15 is 0 Å². The van der Waals surface area contributed by atoms with Crippen LogP contribution >= 0.6 is 11.6 Å². The first-order chi connectivity index (χ1) is 12.6. The molecule has 0 saturated heterocycles. The van der Waals surface area contributed by atoms with E-state index < -0.39 is 0 Å². The predicted octanol–water partition coefficient (Wildman–Crippen LogP) is 2.71. The summed E-state index contributed by atoms with van der Waals surface area (Å²) < 4.78 is 0. The van der Waals surface area contributed by atoms with Crippen molar-refractivity contribution in [1.29, 1.82) is 0 Å². The highest BCUT2D eigenvalue weighted by Gasteiger charge is 2.10. The van der Waals surface area contributed by atoms with Crippen molar-refractivity contribution in [1.82, 2.24) is 15.5 Å². The number of hydrogen-bond acceptors (Lipinski definition) is 2. The summed E-state index contributed by atoms with van der Waals surface area (Å²) in [5, 5.41) is 6.71. The normalized spacial score (nSPS) is 11.1. The van der Waals surface area contributed by atoms with Gasteiger partial charge >= 0.3 is 0 Å². The Morgan fingerprint density at radius 2 is 1.77 bits per heavy atom. The summed E-state index contributed by atoms with van der Waals surface area (Å²) in [6.45, 7) is 1.39. The van der Waals surface area contributed by atoms with Crippen molar-refractivity contribution < 1.29 is 4.79 Å². The maximum absolute atomic E-state index is 12.0. The molecular weight excluding hydrogens is 348 g/mol. The van der Waals surface area contributed by atoms with Crippen LogP contribution in [0.5, 0.6) is 0 Å². The lowest BCUT2D eigenvalue weighted by molar-refractivity contribution is -0.120. The molecule has 0 fully saturated rings. The molecule has 138 valence electrons. The van der Waals surface area contributed by atoms with Gasteiger partial charge in [-0.3, -0.25) is 9.79 Å². The lowest BCUT2D eigenvalue weighted by Gasteiger charge is -2.22. The molecule has 0 aliphatic carbocycles. The van der Waals surface area contributed by atoms with Crippen LogP contribution in [0.1, 0.15) is 11.1 Å². The molecule has 5 nitrogen and oxygen atoms in total. The van der Waals surface area contributed by atoms with Crippen molar-refractivity contribution in [3.05, 3.63) is 70.7 Å². The minimum absolute atomic E-state index is 0.0618. The van der Waals surface area contributed by atoms with Crippen molar-refractivity contribution in [2.24, 2.45) is 4.99 Å². The number of halogens is 1. The number of amides is 1. The summed E-state index contributed by atoms with van der Waals surface area (Å²) in [4.78, 5) is 18.2. The third kappa shape index (κ3) is 6.41. The molecule has 0 atom stereocenters. The highest BCUT2D eigenvalue weighted by Crippen LogP contribution is 2.16. The molecule has 0 radical (unpaired) electrons. The van der Waals surface area contributed by atoms with E-state index in [1.165, 1.54) is 5.56 Å². The lowest BCUT2D eigenvalue weighted by atomic mass is 10.1. The first kappa shape index (κ1) is 19.8. The SMILES string of the molecule is CN=C(NCC(=O)NCCc1ccccc1)N(C)Cc1ccccc1Cl. The molecule has 2 N–H and O–H groups in total. The largest absolute Gasteiger partial charge is 0.354 e. The monoisotopic (exact) mass is 372 g/mol. The highest BCUT2D eigenvalue weighted by molar-refractivity contribution is 6.31. The summed E-state index contributed by atoms with van der Waals surface area (Å²) in [6, 6.07) is 17.8. The fraction of sp³-hybridized carbons (Fsp3) is 0.300. The molecule has 0 heterocycles. The fourth-order valence-electron chi connectivity index (χ4n) is 2.55. The fourth-order valence-corrected chi connectivity index (χ4v) is 2.75. The van der Waals surface area contributed by atoms with Crippen molar-refractivity contribution in [2.45, 2.75) is 13.0 Å². The van der Waals surface area contributed by atoms with Crippen LogP contribution < -0.4 is 10.6 Å². The average Bonchev–Trinajstić information content (AvgIpc) is 2.65. The van der Waals surface area contributed by atoms with Crippen molar-refractivity contribution in [3.8, 4) is 0 Å². The predicted molar refractivity (Wildman–Crippen MR) is 107 cm³/mol. The van der Waals surface area contributed by atoms with E-state index in [0.717, 1.165) is 12.0 Å². The zero-order valence-corrected chi connectivity index (χ0v) is 16.0. The number of benzene rings is 2. The van der Waals surface area contributed by atoms with Crippen LogP contribution in [0, 0.1) is 0 Å². The molecule has 1 amide bonds. The number of hydrogen-bond donors (Lipinski definition) is 2. The second kappa shape index (κ2) is 10.5. The van der Waals surface area contributed by atoms with Crippen LogP contribution in [0.2, 0.25) is 5.02 Å². The Morgan fingerprint density at radius 3 is 2.46 bits per heavy atom. The molecule has 26 heavy (non-hydrogen) atoms. The third-order valence-corrected chi connectivity index (χ3v) is 4.29. The Morgan fingerprint density at radius 1 is 1.08 bits per heavy atom. The molecule has 0 aromatic heterocycles. The van der Waals surface area contributed by atoms with Gasteiger partial charge in [-0.05, 0) is 23.6 Å². The van der Waals surface area contributed by atoms with Gasteiger partial charge in [0.25, 0.3) is 0 Å². The van der Waals surface area contributed by atoms with Crippen molar-refractivity contribution >= 4 is 23.5 Å². The molecule has 2 rings (SSSR count). The van der Waals surface area contributed by atoms with Crippen LogP contribution in [-0.4, -0.2) is 44.0 Å². The summed E-state index contributed by atoms with van der Waals surface area (Å²) in [7, 11) is 3.60. The molecule has 6 heteroatoms.